The van der Waals surface area contributed by atoms with E-state index in [0.717, 1.165) is 10.9 Å². The first-order valence-corrected chi connectivity index (χ1v) is 6.64. The number of carbonyl (C=O) groups is 1. The molecule has 3 N–H and O–H groups in total. The first-order valence-electron chi connectivity index (χ1n) is 5.82. The van der Waals surface area contributed by atoms with Gasteiger partial charge in [-0.25, -0.2) is 9.37 Å². The van der Waals surface area contributed by atoms with E-state index in [0.29, 0.717) is 5.13 Å². The summed E-state index contributed by atoms with van der Waals surface area (Å²) in [5.74, 6) is 4.21. The van der Waals surface area contributed by atoms with Crippen LogP contribution in [0.4, 0.5) is 9.52 Å². The normalized spacial score (nSPS) is 9.75. The predicted molar refractivity (Wildman–Crippen MR) is 77.1 cm³/mol. The predicted octanol–water partition coefficient (Wildman–Crippen LogP) is 2.15. The molecule has 0 aliphatic carbocycles. The third-order valence-corrected chi connectivity index (χ3v) is 3.23. The van der Waals surface area contributed by atoms with Gasteiger partial charge in [-0.1, -0.05) is 11.8 Å². The Balaban J connectivity index is 2.16. The van der Waals surface area contributed by atoms with Crippen molar-refractivity contribution >= 4 is 22.4 Å². The zero-order valence-electron chi connectivity index (χ0n) is 10.7. The van der Waals surface area contributed by atoms with Gasteiger partial charge in [0.2, 0.25) is 0 Å². The number of benzene rings is 1. The second kappa shape index (κ2) is 6.28. The van der Waals surface area contributed by atoms with Crippen LogP contribution in [0.25, 0.3) is 0 Å². The topological polar surface area (TPSA) is 68.0 Å². The van der Waals surface area contributed by atoms with Crippen LogP contribution >= 0.6 is 11.3 Å². The number of thiazole rings is 1. The van der Waals surface area contributed by atoms with Crippen LogP contribution in [0.2, 0.25) is 0 Å². The average molecular weight is 289 g/mol. The molecule has 1 heterocycles. The minimum absolute atomic E-state index is 0.158. The molecular formula is C14H12FN3OS. The van der Waals surface area contributed by atoms with E-state index in [4.69, 9.17) is 5.73 Å². The quantitative estimate of drug-likeness (QED) is 0.832. The molecule has 102 valence electrons. The zero-order valence-corrected chi connectivity index (χ0v) is 11.6. The number of amides is 1. The molecular weight excluding hydrogens is 277 g/mol. The maximum atomic E-state index is 13.7. The summed E-state index contributed by atoms with van der Waals surface area (Å²) in [6, 6.07) is 4.12. The van der Waals surface area contributed by atoms with E-state index in [1.54, 1.807) is 6.20 Å². The Labute approximate surface area is 119 Å². The summed E-state index contributed by atoms with van der Waals surface area (Å²) < 4.78 is 13.7. The second-order valence-corrected chi connectivity index (χ2v) is 5.17. The lowest BCUT2D eigenvalue weighted by molar-refractivity contribution is 0.102. The van der Waals surface area contributed by atoms with Crippen molar-refractivity contribution in [1.82, 2.24) is 4.98 Å². The van der Waals surface area contributed by atoms with E-state index in [-0.39, 0.29) is 17.7 Å². The van der Waals surface area contributed by atoms with E-state index in [1.165, 1.54) is 23.5 Å². The maximum absolute atomic E-state index is 13.7. The number of halogens is 1. The molecule has 20 heavy (non-hydrogen) atoms. The number of hydrogen-bond acceptors (Lipinski definition) is 4. The van der Waals surface area contributed by atoms with Crippen molar-refractivity contribution in [2.45, 2.75) is 6.92 Å². The minimum Gasteiger partial charge on any atom is -0.320 e. The molecule has 0 fully saturated rings. The van der Waals surface area contributed by atoms with E-state index in [9.17, 15) is 9.18 Å². The van der Waals surface area contributed by atoms with Crippen LogP contribution in [0.3, 0.4) is 0 Å². The Hall–Kier alpha value is -2.23. The monoisotopic (exact) mass is 289 g/mol. The summed E-state index contributed by atoms with van der Waals surface area (Å²) in [6.45, 7) is 2.04. The van der Waals surface area contributed by atoms with Crippen molar-refractivity contribution in [3.8, 4) is 11.8 Å². The number of aromatic nitrogens is 1. The first kappa shape index (κ1) is 14.2. The van der Waals surface area contributed by atoms with Crippen LogP contribution in [0.1, 0.15) is 20.8 Å². The second-order valence-electron chi connectivity index (χ2n) is 3.93. The van der Waals surface area contributed by atoms with Crippen molar-refractivity contribution < 1.29 is 9.18 Å². The lowest BCUT2D eigenvalue weighted by Crippen LogP contribution is -2.12. The van der Waals surface area contributed by atoms with Gasteiger partial charge < -0.3 is 5.73 Å². The van der Waals surface area contributed by atoms with Gasteiger partial charge in [-0.15, -0.1) is 11.3 Å². The number of anilines is 1. The first-order chi connectivity index (χ1) is 9.60. The Morgan fingerprint density at radius 2 is 2.35 bits per heavy atom. The van der Waals surface area contributed by atoms with Gasteiger partial charge in [0.15, 0.2) is 5.13 Å². The Morgan fingerprint density at radius 3 is 2.95 bits per heavy atom. The highest BCUT2D eigenvalue weighted by Gasteiger charge is 2.10. The molecule has 0 spiro atoms. The van der Waals surface area contributed by atoms with E-state index in [1.807, 2.05) is 6.92 Å². The van der Waals surface area contributed by atoms with Crippen LogP contribution in [0.15, 0.2) is 24.4 Å². The van der Waals surface area contributed by atoms with E-state index < -0.39 is 11.7 Å². The third kappa shape index (κ3) is 3.41. The average Bonchev–Trinajstić information content (AvgIpc) is 2.82. The number of hydrogen-bond donors (Lipinski definition) is 2. The summed E-state index contributed by atoms with van der Waals surface area (Å²) in [7, 11) is 0. The highest BCUT2D eigenvalue weighted by atomic mass is 32.1. The lowest BCUT2D eigenvalue weighted by atomic mass is 10.1. The third-order valence-electron chi connectivity index (χ3n) is 2.40. The molecule has 2 rings (SSSR count). The molecule has 1 aromatic heterocycles. The molecule has 6 heteroatoms. The van der Waals surface area contributed by atoms with Gasteiger partial charge in [0.1, 0.15) is 5.82 Å². The van der Waals surface area contributed by atoms with Crippen LogP contribution < -0.4 is 11.1 Å². The largest absolute Gasteiger partial charge is 0.320 e. The van der Waals surface area contributed by atoms with E-state index >= 15 is 0 Å². The van der Waals surface area contributed by atoms with Crippen molar-refractivity contribution in [3.05, 3.63) is 46.2 Å². The fourth-order valence-corrected chi connectivity index (χ4v) is 2.15. The lowest BCUT2D eigenvalue weighted by Gasteiger charge is -2.02. The van der Waals surface area contributed by atoms with Gasteiger partial charge >= 0.3 is 0 Å². The molecule has 1 aromatic carbocycles. The number of rotatable bonds is 2. The van der Waals surface area contributed by atoms with Crippen molar-refractivity contribution in [2.75, 3.05) is 11.9 Å². The molecule has 0 aliphatic rings. The van der Waals surface area contributed by atoms with Crippen LogP contribution in [-0.4, -0.2) is 17.4 Å². The fraction of sp³-hybridized carbons (Fsp3) is 0.143. The molecule has 4 nitrogen and oxygen atoms in total. The van der Waals surface area contributed by atoms with E-state index in [2.05, 4.69) is 22.1 Å². The van der Waals surface area contributed by atoms with Crippen molar-refractivity contribution in [3.63, 3.8) is 0 Å². The summed E-state index contributed by atoms with van der Waals surface area (Å²) in [5.41, 5.74) is 5.66. The molecule has 0 aliphatic heterocycles. The van der Waals surface area contributed by atoms with Crippen molar-refractivity contribution in [1.29, 1.82) is 0 Å². The molecule has 0 bridgehead atoms. The summed E-state index contributed by atoms with van der Waals surface area (Å²) in [5, 5.41) is 3.10. The van der Waals surface area contributed by atoms with Gasteiger partial charge in [-0.05, 0) is 25.1 Å². The number of carbonyl (C=O) groups excluding carboxylic acids is 1. The van der Waals surface area contributed by atoms with Gasteiger partial charge in [0, 0.05) is 16.6 Å². The summed E-state index contributed by atoms with van der Waals surface area (Å²) in [4.78, 5) is 16.9. The molecule has 0 saturated carbocycles. The maximum Gasteiger partial charge on any atom is 0.257 e. The fourth-order valence-electron chi connectivity index (χ4n) is 1.49. The van der Waals surface area contributed by atoms with Gasteiger partial charge in [-0.2, -0.15) is 0 Å². The molecule has 0 unspecified atom stereocenters. The highest BCUT2D eigenvalue weighted by molar-refractivity contribution is 7.15. The summed E-state index contributed by atoms with van der Waals surface area (Å²) in [6.07, 6.45) is 1.66. The Morgan fingerprint density at radius 1 is 1.55 bits per heavy atom. The van der Waals surface area contributed by atoms with Crippen LogP contribution in [-0.2, 0) is 0 Å². The van der Waals surface area contributed by atoms with Gasteiger partial charge in [-0.3, -0.25) is 10.1 Å². The number of aryl methyl sites for hydroxylation is 1. The molecule has 0 atom stereocenters. The Kier molecular flexibility index (Phi) is 4.45. The minimum atomic E-state index is -0.547. The zero-order chi connectivity index (χ0) is 14.5. The van der Waals surface area contributed by atoms with Gasteiger partial charge in [0.05, 0.1) is 12.1 Å². The molecule has 0 saturated heterocycles. The molecule has 1 amide bonds. The molecule has 0 radical (unpaired) electrons. The molecule has 2 aromatic rings. The highest BCUT2D eigenvalue weighted by Crippen LogP contribution is 2.18. The smallest absolute Gasteiger partial charge is 0.257 e. The number of nitrogens with two attached hydrogens (primary N) is 1. The Bertz CT molecular complexity index is 700. The van der Waals surface area contributed by atoms with Gasteiger partial charge in [0.25, 0.3) is 5.91 Å². The summed E-state index contributed by atoms with van der Waals surface area (Å²) >= 11 is 1.36. The van der Waals surface area contributed by atoms with Crippen molar-refractivity contribution in [2.24, 2.45) is 5.73 Å². The standard InChI is InChI=1S/C14H12FN3OS/c1-9-8-17-14(20-9)18-13(19)11-5-4-10(3-2-6-16)12(15)7-11/h4-5,7-8H,6,16H2,1H3,(H,17,18,19). The number of nitrogens with one attached hydrogen (secondary N) is 1. The van der Waals surface area contributed by atoms with Crippen LogP contribution in [0.5, 0.6) is 0 Å². The SMILES string of the molecule is Cc1cnc(NC(=O)c2ccc(C#CCN)c(F)c2)s1. The number of nitrogens with zero attached hydrogens (tertiary/aromatic N) is 1. The van der Waals surface area contributed by atoms with Crippen LogP contribution in [0, 0.1) is 24.6 Å².